The van der Waals surface area contributed by atoms with Crippen LogP contribution in [0.1, 0.15) is 5.56 Å². The van der Waals surface area contributed by atoms with E-state index < -0.39 is 0 Å². The third-order valence-corrected chi connectivity index (χ3v) is 1.05. The molecule has 0 amide bonds. The third kappa shape index (κ3) is 1.55. The van der Waals surface area contributed by atoms with Gasteiger partial charge >= 0.3 is 0 Å². The summed E-state index contributed by atoms with van der Waals surface area (Å²) in [4.78, 5) is 13.6. The van der Waals surface area contributed by atoms with E-state index in [9.17, 15) is 4.79 Å². The van der Waals surface area contributed by atoms with Crippen molar-refractivity contribution in [2.24, 2.45) is 0 Å². The van der Waals surface area contributed by atoms with Gasteiger partial charge in [-0.3, -0.25) is 4.79 Å². The highest BCUT2D eigenvalue weighted by Gasteiger charge is 1.90. The molecule has 1 rings (SSSR count). The fourth-order valence-electron chi connectivity index (χ4n) is 0.573. The molecule has 0 unspecified atom stereocenters. The number of nitrogens with zero attached hydrogens (tertiary/aromatic N) is 1. The van der Waals surface area contributed by atoms with Gasteiger partial charge in [0.25, 0.3) is 6.47 Å². The van der Waals surface area contributed by atoms with E-state index in [1.165, 1.54) is 0 Å². The maximum atomic E-state index is 9.80. The predicted molar refractivity (Wildman–Crippen MR) is 35.7 cm³/mol. The number of carbonyl (C=O) groups is 1. The molecule has 0 aliphatic rings. The monoisotopic (exact) mass is 137 g/mol. The lowest BCUT2D eigenvalue weighted by atomic mass is 10.3. The molecular formula is C7H7NO2. The van der Waals surface area contributed by atoms with Crippen molar-refractivity contribution in [3.63, 3.8) is 0 Å². The molecule has 0 spiro atoms. The van der Waals surface area contributed by atoms with Gasteiger partial charge in [-0.2, -0.15) is 0 Å². The first-order valence-corrected chi connectivity index (χ1v) is 2.86. The minimum absolute atomic E-state index is 0.334. The molecule has 3 heteroatoms. The first kappa shape index (κ1) is 6.74. The minimum atomic E-state index is 0.334. The van der Waals surface area contributed by atoms with Gasteiger partial charge in [-0.1, -0.05) is 6.07 Å². The third-order valence-electron chi connectivity index (χ3n) is 1.05. The summed E-state index contributed by atoms with van der Waals surface area (Å²) < 4.78 is 4.47. The van der Waals surface area contributed by atoms with Crippen LogP contribution in [-0.4, -0.2) is 11.5 Å². The fraction of sp³-hybridized carbons (Fsp3) is 0.143. The molecular weight excluding hydrogens is 130 g/mol. The molecule has 0 radical (unpaired) electrons. The highest BCUT2D eigenvalue weighted by Crippen LogP contribution is 2.04. The van der Waals surface area contributed by atoms with Crippen LogP contribution in [0, 0.1) is 6.92 Å². The van der Waals surface area contributed by atoms with E-state index in [1.54, 1.807) is 12.3 Å². The summed E-state index contributed by atoms with van der Waals surface area (Å²) in [6, 6.07) is 3.47. The Bertz CT molecular complexity index is 218. The molecule has 0 fully saturated rings. The van der Waals surface area contributed by atoms with E-state index in [2.05, 4.69) is 9.72 Å². The number of hydrogen-bond donors (Lipinski definition) is 0. The van der Waals surface area contributed by atoms with Crippen molar-refractivity contribution in [2.45, 2.75) is 6.92 Å². The van der Waals surface area contributed by atoms with Crippen LogP contribution in [0.25, 0.3) is 0 Å². The Labute approximate surface area is 58.7 Å². The molecule has 10 heavy (non-hydrogen) atoms. The summed E-state index contributed by atoms with van der Waals surface area (Å²) in [6.07, 6.45) is 1.64. The molecule has 0 aliphatic heterocycles. The number of pyridine rings is 1. The summed E-state index contributed by atoms with van der Waals surface area (Å²) in [7, 11) is 0. The van der Waals surface area contributed by atoms with Crippen molar-refractivity contribution in [3.05, 3.63) is 23.9 Å². The topological polar surface area (TPSA) is 39.2 Å². The molecule has 0 saturated heterocycles. The van der Waals surface area contributed by atoms with Crippen molar-refractivity contribution in [2.75, 3.05) is 0 Å². The largest absolute Gasteiger partial charge is 0.410 e. The number of carbonyl (C=O) groups excluding carboxylic acids is 1. The average Bonchev–Trinajstić information content (AvgIpc) is 1.95. The van der Waals surface area contributed by atoms with E-state index in [0.717, 1.165) is 5.56 Å². The standard InChI is InChI=1S/C7H7NO2/c1-6-2-3-7(8-4-6)10-5-9/h2-5H,1H3. The van der Waals surface area contributed by atoms with E-state index in [0.29, 0.717) is 12.4 Å². The summed E-state index contributed by atoms with van der Waals surface area (Å²) in [5.41, 5.74) is 1.04. The normalized spacial score (nSPS) is 8.90. The van der Waals surface area contributed by atoms with Crippen LogP contribution >= 0.6 is 0 Å². The smallest absolute Gasteiger partial charge is 0.299 e. The van der Waals surface area contributed by atoms with Crippen molar-refractivity contribution in [1.29, 1.82) is 0 Å². The second-order valence-electron chi connectivity index (χ2n) is 1.89. The molecule has 0 bridgehead atoms. The second-order valence-corrected chi connectivity index (χ2v) is 1.89. The Hall–Kier alpha value is -1.38. The van der Waals surface area contributed by atoms with Crippen LogP contribution in [0.5, 0.6) is 5.88 Å². The fourth-order valence-corrected chi connectivity index (χ4v) is 0.573. The van der Waals surface area contributed by atoms with E-state index in [-0.39, 0.29) is 0 Å². The molecule has 0 N–H and O–H groups in total. The van der Waals surface area contributed by atoms with Crippen molar-refractivity contribution >= 4 is 6.47 Å². The van der Waals surface area contributed by atoms with Gasteiger partial charge in [0.1, 0.15) is 0 Å². The Kier molecular flexibility index (Phi) is 1.99. The minimum Gasteiger partial charge on any atom is -0.410 e. The van der Waals surface area contributed by atoms with Gasteiger partial charge in [-0.25, -0.2) is 4.98 Å². The summed E-state index contributed by atoms with van der Waals surface area (Å²) in [6.45, 7) is 2.27. The molecule has 1 aromatic heterocycles. The Morgan fingerprint density at radius 1 is 1.60 bits per heavy atom. The maximum Gasteiger partial charge on any atom is 0.299 e. The highest BCUT2D eigenvalue weighted by molar-refractivity contribution is 5.42. The van der Waals surface area contributed by atoms with Gasteiger partial charge in [0, 0.05) is 12.3 Å². The summed E-state index contributed by atoms with van der Waals surface area (Å²) >= 11 is 0. The Balaban J connectivity index is 2.78. The molecule has 1 heterocycles. The zero-order valence-electron chi connectivity index (χ0n) is 5.57. The van der Waals surface area contributed by atoms with Crippen LogP contribution in [0.2, 0.25) is 0 Å². The number of ether oxygens (including phenoxy) is 1. The molecule has 0 aliphatic carbocycles. The van der Waals surface area contributed by atoms with Crippen LogP contribution in [0.15, 0.2) is 18.3 Å². The number of hydrogen-bond acceptors (Lipinski definition) is 3. The predicted octanol–water partition coefficient (Wildman–Crippen LogP) is 0.925. The van der Waals surface area contributed by atoms with Crippen LogP contribution in [-0.2, 0) is 4.79 Å². The lowest BCUT2D eigenvalue weighted by Gasteiger charge is -1.94. The molecule has 0 atom stereocenters. The van der Waals surface area contributed by atoms with Gasteiger partial charge in [0.15, 0.2) is 0 Å². The first-order chi connectivity index (χ1) is 4.83. The van der Waals surface area contributed by atoms with Crippen molar-refractivity contribution in [1.82, 2.24) is 4.98 Å². The highest BCUT2D eigenvalue weighted by atomic mass is 16.5. The van der Waals surface area contributed by atoms with Gasteiger partial charge in [0.05, 0.1) is 0 Å². The number of aromatic nitrogens is 1. The van der Waals surface area contributed by atoms with Crippen LogP contribution < -0.4 is 4.74 Å². The van der Waals surface area contributed by atoms with E-state index >= 15 is 0 Å². The molecule has 3 nitrogen and oxygen atoms in total. The van der Waals surface area contributed by atoms with E-state index in [1.807, 2.05) is 13.0 Å². The Morgan fingerprint density at radius 3 is 2.90 bits per heavy atom. The SMILES string of the molecule is Cc1ccc(OC=O)nc1. The summed E-state index contributed by atoms with van der Waals surface area (Å²) in [5.74, 6) is 0.334. The number of rotatable bonds is 2. The molecule has 52 valence electrons. The van der Waals surface area contributed by atoms with Crippen LogP contribution in [0.4, 0.5) is 0 Å². The lowest BCUT2D eigenvalue weighted by Crippen LogP contribution is -1.90. The van der Waals surface area contributed by atoms with Gasteiger partial charge < -0.3 is 4.74 Å². The molecule has 0 aromatic carbocycles. The lowest BCUT2D eigenvalue weighted by molar-refractivity contribution is -0.120. The van der Waals surface area contributed by atoms with Gasteiger partial charge in [-0.05, 0) is 12.5 Å². The second kappa shape index (κ2) is 2.96. The number of aryl methyl sites for hydroxylation is 1. The zero-order chi connectivity index (χ0) is 7.40. The van der Waals surface area contributed by atoms with E-state index in [4.69, 9.17) is 0 Å². The quantitative estimate of drug-likeness (QED) is 0.569. The van der Waals surface area contributed by atoms with Gasteiger partial charge in [0.2, 0.25) is 5.88 Å². The van der Waals surface area contributed by atoms with Crippen molar-refractivity contribution < 1.29 is 9.53 Å². The van der Waals surface area contributed by atoms with Gasteiger partial charge in [-0.15, -0.1) is 0 Å². The Morgan fingerprint density at radius 2 is 2.40 bits per heavy atom. The molecule has 1 aromatic rings. The van der Waals surface area contributed by atoms with Crippen LogP contribution in [0.3, 0.4) is 0 Å². The zero-order valence-corrected chi connectivity index (χ0v) is 5.57. The first-order valence-electron chi connectivity index (χ1n) is 2.86. The average molecular weight is 137 g/mol. The maximum absolute atomic E-state index is 9.80. The molecule has 0 saturated carbocycles. The van der Waals surface area contributed by atoms with Crippen molar-refractivity contribution in [3.8, 4) is 5.88 Å². The summed E-state index contributed by atoms with van der Waals surface area (Å²) in [5, 5.41) is 0.